The number of amides is 2. The van der Waals surface area contributed by atoms with Crippen molar-refractivity contribution in [2.75, 3.05) is 17.1 Å². The van der Waals surface area contributed by atoms with Crippen LogP contribution in [0.1, 0.15) is 38.3 Å². The molecule has 0 aliphatic heterocycles. The molecule has 0 spiro atoms. The molecule has 0 saturated heterocycles. The number of rotatable bonds is 10. The Bertz CT molecular complexity index is 1140. The van der Waals surface area contributed by atoms with Gasteiger partial charge in [-0.1, -0.05) is 48.3 Å². The number of sulfonamides is 1. The van der Waals surface area contributed by atoms with E-state index in [1.54, 1.807) is 56.3 Å². The van der Waals surface area contributed by atoms with Gasteiger partial charge in [0.2, 0.25) is 21.8 Å². The van der Waals surface area contributed by atoms with Gasteiger partial charge in [0.25, 0.3) is 0 Å². The highest BCUT2D eigenvalue weighted by Crippen LogP contribution is 2.26. The van der Waals surface area contributed by atoms with Crippen molar-refractivity contribution < 1.29 is 18.0 Å². The molecular weight excluding hydrogens is 497 g/mol. The molecule has 0 radical (unpaired) electrons. The largest absolute Gasteiger partial charge is 0.352 e. The molecule has 0 aromatic heterocycles. The summed E-state index contributed by atoms with van der Waals surface area (Å²) in [6, 6.07) is 10.9. The maximum atomic E-state index is 13.6. The fourth-order valence-electron chi connectivity index (χ4n) is 3.60. The summed E-state index contributed by atoms with van der Waals surface area (Å²) in [4.78, 5) is 28.0. The van der Waals surface area contributed by atoms with E-state index in [2.05, 4.69) is 5.32 Å². The van der Waals surface area contributed by atoms with Crippen molar-refractivity contribution >= 4 is 50.7 Å². The molecule has 34 heavy (non-hydrogen) atoms. The molecule has 0 aliphatic carbocycles. The zero-order valence-electron chi connectivity index (χ0n) is 20.0. The van der Waals surface area contributed by atoms with Gasteiger partial charge in [-0.05, 0) is 62.6 Å². The van der Waals surface area contributed by atoms with Crippen LogP contribution in [0.25, 0.3) is 0 Å². The molecule has 2 amide bonds. The quantitative estimate of drug-likeness (QED) is 0.495. The molecule has 1 N–H and O–H groups in total. The smallest absolute Gasteiger partial charge is 0.244 e. The summed E-state index contributed by atoms with van der Waals surface area (Å²) in [6.07, 6.45) is 1.38. The molecule has 0 bridgehead atoms. The van der Waals surface area contributed by atoms with Gasteiger partial charge in [-0.15, -0.1) is 0 Å². The molecule has 0 saturated carbocycles. The van der Waals surface area contributed by atoms with Gasteiger partial charge in [-0.3, -0.25) is 13.9 Å². The number of benzene rings is 2. The Morgan fingerprint density at radius 2 is 1.74 bits per heavy atom. The summed E-state index contributed by atoms with van der Waals surface area (Å²) >= 11 is 12.4. The van der Waals surface area contributed by atoms with Gasteiger partial charge in [0, 0.05) is 22.6 Å². The first-order valence-corrected chi connectivity index (χ1v) is 13.5. The third-order valence-corrected chi connectivity index (χ3v) is 6.95. The van der Waals surface area contributed by atoms with Crippen LogP contribution >= 0.6 is 23.2 Å². The van der Waals surface area contributed by atoms with Crippen molar-refractivity contribution in [1.29, 1.82) is 0 Å². The van der Waals surface area contributed by atoms with E-state index in [1.807, 2.05) is 13.8 Å². The monoisotopic (exact) mass is 527 g/mol. The van der Waals surface area contributed by atoms with E-state index in [1.165, 1.54) is 4.90 Å². The lowest BCUT2D eigenvalue weighted by Crippen LogP contribution is -2.53. The van der Waals surface area contributed by atoms with Gasteiger partial charge in [0.05, 0.1) is 11.9 Å². The molecule has 2 aromatic rings. The number of nitrogens with zero attached hydrogens (tertiary/aromatic N) is 2. The van der Waals surface area contributed by atoms with Crippen LogP contribution in [0.15, 0.2) is 42.5 Å². The average Bonchev–Trinajstić information content (AvgIpc) is 2.72. The van der Waals surface area contributed by atoms with Crippen LogP contribution in [0, 0.1) is 6.92 Å². The van der Waals surface area contributed by atoms with Crippen LogP contribution in [0.2, 0.25) is 10.0 Å². The van der Waals surface area contributed by atoms with Gasteiger partial charge in [0.1, 0.15) is 12.6 Å². The lowest BCUT2D eigenvalue weighted by Gasteiger charge is -2.33. The van der Waals surface area contributed by atoms with Crippen LogP contribution in [0.5, 0.6) is 0 Å². The maximum absolute atomic E-state index is 13.6. The summed E-state index contributed by atoms with van der Waals surface area (Å²) in [7, 11) is -3.82. The predicted octanol–water partition coefficient (Wildman–Crippen LogP) is 4.40. The van der Waals surface area contributed by atoms with Crippen LogP contribution in [-0.2, 0) is 26.2 Å². The van der Waals surface area contributed by atoms with E-state index in [4.69, 9.17) is 23.2 Å². The highest BCUT2D eigenvalue weighted by Gasteiger charge is 2.32. The SMILES string of the molecule is CC[C@@H](C(=O)NC(C)C)N(Cc1ccccc1Cl)C(=O)CN(c1ccc(Cl)cc1C)S(C)(=O)=O. The number of carbonyl (C=O) groups excluding carboxylic acids is 2. The molecule has 0 unspecified atom stereocenters. The number of carbonyl (C=O) groups is 2. The second kappa shape index (κ2) is 11.9. The number of hydrogen-bond acceptors (Lipinski definition) is 4. The molecule has 0 aliphatic rings. The zero-order valence-corrected chi connectivity index (χ0v) is 22.3. The highest BCUT2D eigenvalue weighted by molar-refractivity contribution is 7.92. The minimum absolute atomic E-state index is 0.0553. The summed E-state index contributed by atoms with van der Waals surface area (Å²) in [5.41, 5.74) is 1.60. The molecule has 186 valence electrons. The second-order valence-corrected chi connectivity index (χ2v) is 11.2. The Labute approximate surface area is 212 Å². The highest BCUT2D eigenvalue weighted by atomic mass is 35.5. The average molecular weight is 529 g/mol. The Morgan fingerprint density at radius 1 is 1.09 bits per heavy atom. The first-order chi connectivity index (χ1) is 15.8. The molecule has 0 heterocycles. The van der Waals surface area contributed by atoms with E-state index < -0.39 is 28.5 Å². The van der Waals surface area contributed by atoms with Crippen LogP contribution in [0.4, 0.5) is 5.69 Å². The van der Waals surface area contributed by atoms with E-state index in [-0.39, 0.29) is 18.5 Å². The Morgan fingerprint density at radius 3 is 2.26 bits per heavy atom. The molecule has 2 rings (SSSR count). The third-order valence-electron chi connectivity index (χ3n) is 5.22. The molecule has 0 fully saturated rings. The normalized spacial score (nSPS) is 12.4. The van der Waals surface area contributed by atoms with Crippen LogP contribution in [0.3, 0.4) is 0 Å². The summed E-state index contributed by atoms with van der Waals surface area (Å²) < 4.78 is 26.4. The Kier molecular flexibility index (Phi) is 9.79. The fraction of sp³-hybridized carbons (Fsp3) is 0.417. The van der Waals surface area contributed by atoms with E-state index in [9.17, 15) is 18.0 Å². The van der Waals surface area contributed by atoms with E-state index in [0.29, 0.717) is 33.3 Å². The fourth-order valence-corrected chi connectivity index (χ4v) is 4.93. The van der Waals surface area contributed by atoms with Crippen molar-refractivity contribution in [1.82, 2.24) is 10.2 Å². The summed E-state index contributed by atoms with van der Waals surface area (Å²) in [5.74, 6) is -0.836. The van der Waals surface area contributed by atoms with Gasteiger partial charge < -0.3 is 10.2 Å². The molecule has 7 nitrogen and oxygen atoms in total. The number of anilines is 1. The maximum Gasteiger partial charge on any atom is 0.244 e. The van der Waals surface area contributed by atoms with Crippen molar-refractivity contribution in [2.45, 2.75) is 52.7 Å². The molecule has 1 atom stereocenters. The number of hydrogen-bond donors (Lipinski definition) is 1. The minimum atomic E-state index is -3.82. The van der Waals surface area contributed by atoms with Crippen molar-refractivity contribution in [3.63, 3.8) is 0 Å². The van der Waals surface area contributed by atoms with Gasteiger partial charge in [-0.25, -0.2) is 8.42 Å². The predicted molar refractivity (Wildman–Crippen MR) is 138 cm³/mol. The first-order valence-electron chi connectivity index (χ1n) is 10.9. The number of nitrogens with one attached hydrogen (secondary N) is 1. The lowest BCUT2D eigenvalue weighted by molar-refractivity contribution is -0.140. The number of aryl methyl sites for hydroxylation is 1. The van der Waals surface area contributed by atoms with E-state index in [0.717, 1.165) is 10.6 Å². The van der Waals surface area contributed by atoms with Gasteiger partial charge in [0.15, 0.2) is 0 Å². The summed E-state index contributed by atoms with van der Waals surface area (Å²) in [6.45, 7) is 6.77. The topological polar surface area (TPSA) is 86.8 Å². The van der Waals surface area contributed by atoms with E-state index >= 15 is 0 Å². The van der Waals surface area contributed by atoms with Crippen molar-refractivity contribution in [3.05, 3.63) is 63.6 Å². The van der Waals surface area contributed by atoms with Crippen LogP contribution in [-0.4, -0.2) is 50.0 Å². The second-order valence-electron chi connectivity index (χ2n) is 8.40. The summed E-state index contributed by atoms with van der Waals surface area (Å²) in [5, 5.41) is 3.76. The number of halogens is 2. The first kappa shape index (κ1) is 28.0. The molecule has 10 heteroatoms. The molecular formula is C24H31Cl2N3O4S. The minimum Gasteiger partial charge on any atom is -0.352 e. The standard InChI is InChI=1S/C24H31Cl2N3O4S/c1-6-21(24(31)27-16(2)3)28(14-18-9-7-8-10-20(18)26)23(30)15-29(34(5,32)33)22-12-11-19(25)13-17(22)4/h7-13,16,21H,6,14-15H2,1-5H3,(H,27,31)/t21-/m0/s1. The van der Waals surface area contributed by atoms with Crippen molar-refractivity contribution in [3.8, 4) is 0 Å². The van der Waals surface area contributed by atoms with Gasteiger partial charge >= 0.3 is 0 Å². The Hall–Kier alpha value is -2.29. The lowest BCUT2D eigenvalue weighted by atomic mass is 10.1. The van der Waals surface area contributed by atoms with Crippen molar-refractivity contribution in [2.24, 2.45) is 0 Å². The van der Waals surface area contributed by atoms with Gasteiger partial charge in [-0.2, -0.15) is 0 Å². The Balaban J connectivity index is 2.49. The van der Waals surface area contributed by atoms with Crippen LogP contribution < -0.4 is 9.62 Å². The third kappa shape index (κ3) is 7.35. The molecule has 2 aromatic carbocycles. The zero-order chi connectivity index (χ0) is 25.6.